The maximum atomic E-state index is 12.1. The van der Waals surface area contributed by atoms with Crippen molar-refractivity contribution in [2.75, 3.05) is 6.54 Å². The summed E-state index contributed by atoms with van der Waals surface area (Å²) < 4.78 is 0. The molecule has 0 aromatic heterocycles. The van der Waals surface area contributed by atoms with E-state index in [-0.39, 0.29) is 5.78 Å². The minimum absolute atomic E-state index is 0.285. The number of rotatable bonds is 7. The van der Waals surface area contributed by atoms with Gasteiger partial charge in [-0.25, -0.2) is 0 Å². The predicted octanol–water partition coefficient (Wildman–Crippen LogP) is 3.66. The van der Waals surface area contributed by atoms with E-state index in [0.29, 0.717) is 12.3 Å². The highest BCUT2D eigenvalue weighted by atomic mass is 16.1. The van der Waals surface area contributed by atoms with Gasteiger partial charge in [0.25, 0.3) is 0 Å². The molecule has 0 heterocycles. The molecule has 0 saturated heterocycles. The van der Waals surface area contributed by atoms with Gasteiger partial charge in [0.15, 0.2) is 5.78 Å². The molecule has 0 spiro atoms. The highest BCUT2D eigenvalue weighted by Gasteiger charge is 2.20. The van der Waals surface area contributed by atoms with E-state index in [2.05, 4.69) is 12.1 Å². The van der Waals surface area contributed by atoms with E-state index in [1.807, 2.05) is 12.1 Å². The van der Waals surface area contributed by atoms with Gasteiger partial charge in [-0.15, -0.1) is 0 Å². The Hall–Kier alpha value is -1.15. The number of carbonyl (C=O) groups excluding carboxylic acids is 1. The first kappa shape index (κ1) is 13.3. The van der Waals surface area contributed by atoms with Gasteiger partial charge in [-0.2, -0.15) is 0 Å². The fraction of sp³-hybridized carbons (Fsp3) is 0.562. The topological polar surface area (TPSA) is 43.1 Å². The SMILES string of the molecule is NCCCCCC(=O)c1cccc(C2CCC2)c1. The smallest absolute Gasteiger partial charge is 0.162 e. The summed E-state index contributed by atoms with van der Waals surface area (Å²) >= 11 is 0. The summed E-state index contributed by atoms with van der Waals surface area (Å²) in [6.45, 7) is 0.728. The Labute approximate surface area is 110 Å². The van der Waals surface area contributed by atoms with E-state index in [0.717, 1.165) is 31.4 Å². The van der Waals surface area contributed by atoms with Gasteiger partial charge < -0.3 is 5.73 Å². The van der Waals surface area contributed by atoms with Crippen molar-refractivity contribution >= 4 is 5.78 Å². The van der Waals surface area contributed by atoms with Gasteiger partial charge >= 0.3 is 0 Å². The summed E-state index contributed by atoms with van der Waals surface area (Å²) in [4.78, 5) is 12.1. The second-order valence-corrected chi connectivity index (χ2v) is 5.28. The lowest BCUT2D eigenvalue weighted by atomic mass is 9.79. The molecule has 0 unspecified atom stereocenters. The predicted molar refractivity (Wildman–Crippen MR) is 74.9 cm³/mol. The van der Waals surface area contributed by atoms with Gasteiger partial charge in [-0.3, -0.25) is 4.79 Å². The van der Waals surface area contributed by atoms with Gasteiger partial charge in [0.05, 0.1) is 0 Å². The molecule has 1 aliphatic rings. The Morgan fingerprint density at radius 1 is 1.22 bits per heavy atom. The average Bonchev–Trinajstić information content (AvgIpc) is 2.33. The van der Waals surface area contributed by atoms with Crippen molar-refractivity contribution in [3.8, 4) is 0 Å². The third kappa shape index (κ3) is 3.42. The quantitative estimate of drug-likeness (QED) is 0.588. The van der Waals surface area contributed by atoms with Crippen LogP contribution in [0.1, 0.15) is 66.8 Å². The average molecular weight is 245 g/mol. The van der Waals surface area contributed by atoms with Gasteiger partial charge in [-0.1, -0.05) is 31.0 Å². The molecule has 1 fully saturated rings. The zero-order valence-corrected chi connectivity index (χ0v) is 11.0. The van der Waals surface area contributed by atoms with Crippen LogP contribution in [0.15, 0.2) is 24.3 Å². The number of hydrogen-bond donors (Lipinski definition) is 1. The molecule has 0 aliphatic heterocycles. The minimum atomic E-state index is 0.285. The maximum Gasteiger partial charge on any atom is 0.162 e. The van der Waals surface area contributed by atoms with Crippen molar-refractivity contribution in [3.63, 3.8) is 0 Å². The molecule has 1 aliphatic carbocycles. The zero-order chi connectivity index (χ0) is 12.8. The fourth-order valence-corrected chi connectivity index (χ4v) is 2.46. The maximum absolute atomic E-state index is 12.1. The first-order valence-corrected chi connectivity index (χ1v) is 7.14. The number of carbonyl (C=O) groups is 1. The fourth-order valence-electron chi connectivity index (χ4n) is 2.46. The normalized spacial score (nSPS) is 15.4. The highest BCUT2D eigenvalue weighted by molar-refractivity contribution is 5.96. The summed E-state index contributed by atoms with van der Waals surface area (Å²) in [7, 11) is 0. The van der Waals surface area contributed by atoms with Crippen molar-refractivity contribution in [3.05, 3.63) is 35.4 Å². The molecule has 0 amide bonds. The molecule has 0 radical (unpaired) electrons. The standard InChI is InChI=1S/C16H23NO/c17-11-3-1-2-10-16(18)15-9-5-8-14(12-15)13-6-4-7-13/h5,8-9,12-13H,1-4,6-7,10-11,17H2. The van der Waals surface area contributed by atoms with Gasteiger partial charge in [0.2, 0.25) is 0 Å². The molecule has 2 N–H and O–H groups in total. The molecule has 0 atom stereocenters. The van der Waals surface area contributed by atoms with Crippen LogP contribution in [-0.2, 0) is 0 Å². The Balaban J connectivity index is 1.88. The summed E-state index contributed by atoms with van der Waals surface area (Å²) in [5, 5.41) is 0. The molecule has 2 rings (SSSR count). The zero-order valence-electron chi connectivity index (χ0n) is 11.0. The molecule has 1 saturated carbocycles. The van der Waals surface area contributed by atoms with E-state index >= 15 is 0 Å². The van der Waals surface area contributed by atoms with Crippen molar-refractivity contribution < 1.29 is 4.79 Å². The Morgan fingerprint density at radius 2 is 2.06 bits per heavy atom. The molecule has 18 heavy (non-hydrogen) atoms. The first-order chi connectivity index (χ1) is 8.81. The molecular weight excluding hydrogens is 222 g/mol. The van der Waals surface area contributed by atoms with Crippen LogP contribution >= 0.6 is 0 Å². The lowest BCUT2D eigenvalue weighted by Crippen LogP contribution is -2.09. The molecule has 98 valence electrons. The van der Waals surface area contributed by atoms with Crippen LogP contribution < -0.4 is 5.73 Å². The van der Waals surface area contributed by atoms with Gasteiger partial charge in [0.1, 0.15) is 0 Å². The second kappa shape index (κ2) is 6.69. The van der Waals surface area contributed by atoms with Crippen LogP contribution in [0.4, 0.5) is 0 Å². The van der Waals surface area contributed by atoms with Gasteiger partial charge in [-0.05, 0) is 49.8 Å². The third-order valence-electron chi connectivity index (χ3n) is 3.89. The number of hydrogen-bond acceptors (Lipinski definition) is 2. The van der Waals surface area contributed by atoms with E-state index < -0.39 is 0 Å². The van der Waals surface area contributed by atoms with Crippen LogP contribution in [0.3, 0.4) is 0 Å². The monoisotopic (exact) mass is 245 g/mol. The number of benzene rings is 1. The Morgan fingerprint density at radius 3 is 2.72 bits per heavy atom. The summed E-state index contributed by atoms with van der Waals surface area (Å²) in [5.74, 6) is 0.989. The van der Waals surface area contributed by atoms with Gasteiger partial charge in [0, 0.05) is 12.0 Å². The van der Waals surface area contributed by atoms with Crippen LogP contribution in [0.2, 0.25) is 0 Å². The molecule has 2 nitrogen and oxygen atoms in total. The lowest BCUT2D eigenvalue weighted by molar-refractivity contribution is 0.0979. The Kier molecular flexibility index (Phi) is 4.94. The molecule has 0 bridgehead atoms. The van der Waals surface area contributed by atoms with Crippen LogP contribution in [0.25, 0.3) is 0 Å². The largest absolute Gasteiger partial charge is 0.330 e. The van der Waals surface area contributed by atoms with E-state index in [1.54, 1.807) is 0 Å². The van der Waals surface area contributed by atoms with Crippen molar-refractivity contribution in [2.24, 2.45) is 5.73 Å². The lowest BCUT2D eigenvalue weighted by Gasteiger charge is -2.26. The molecule has 2 heteroatoms. The van der Waals surface area contributed by atoms with E-state index in [1.165, 1.54) is 24.8 Å². The third-order valence-corrected chi connectivity index (χ3v) is 3.89. The van der Waals surface area contributed by atoms with Crippen LogP contribution in [-0.4, -0.2) is 12.3 Å². The van der Waals surface area contributed by atoms with E-state index in [9.17, 15) is 4.79 Å². The number of Topliss-reactive ketones (excluding diaryl/α,β-unsaturated/α-hetero) is 1. The van der Waals surface area contributed by atoms with E-state index in [4.69, 9.17) is 5.73 Å². The first-order valence-electron chi connectivity index (χ1n) is 7.14. The van der Waals surface area contributed by atoms with Crippen molar-refractivity contribution in [1.82, 2.24) is 0 Å². The molecule has 1 aromatic carbocycles. The molecular formula is C16H23NO. The van der Waals surface area contributed by atoms with Crippen molar-refractivity contribution in [2.45, 2.75) is 50.9 Å². The molecule has 1 aromatic rings. The van der Waals surface area contributed by atoms with Crippen LogP contribution in [0, 0.1) is 0 Å². The van der Waals surface area contributed by atoms with Crippen LogP contribution in [0.5, 0.6) is 0 Å². The Bertz CT molecular complexity index is 396. The highest BCUT2D eigenvalue weighted by Crippen LogP contribution is 2.36. The number of ketones is 1. The number of unbranched alkanes of at least 4 members (excludes halogenated alkanes) is 2. The summed E-state index contributed by atoms with van der Waals surface area (Å²) in [6.07, 6.45) is 7.61. The second-order valence-electron chi connectivity index (χ2n) is 5.28. The minimum Gasteiger partial charge on any atom is -0.330 e. The summed E-state index contributed by atoms with van der Waals surface area (Å²) in [6, 6.07) is 8.25. The number of nitrogens with two attached hydrogens (primary N) is 1. The van der Waals surface area contributed by atoms with Crippen molar-refractivity contribution in [1.29, 1.82) is 0 Å². The summed E-state index contributed by atoms with van der Waals surface area (Å²) in [5.41, 5.74) is 7.70.